The van der Waals surface area contributed by atoms with Crippen molar-refractivity contribution in [2.24, 2.45) is 0 Å². The first-order valence-corrected chi connectivity index (χ1v) is 11.9. The minimum atomic E-state index is 0.619. The van der Waals surface area contributed by atoms with Gasteiger partial charge in [-0.3, -0.25) is 0 Å². The van der Waals surface area contributed by atoms with Gasteiger partial charge in [0.05, 0.1) is 33.6 Å². The van der Waals surface area contributed by atoms with Gasteiger partial charge in [0.2, 0.25) is 11.9 Å². The van der Waals surface area contributed by atoms with E-state index in [0.717, 1.165) is 46.9 Å². The molecule has 0 bridgehead atoms. The van der Waals surface area contributed by atoms with E-state index in [1.807, 2.05) is 24.3 Å². The van der Waals surface area contributed by atoms with Crippen LogP contribution in [0.1, 0.15) is 16.7 Å². The molecule has 4 aromatic rings. The number of methoxy groups -OCH3 is 2. The zero-order valence-corrected chi connectivity index (χ0v) is 20.6. The Kier molecular flexibility index (Phi) is 6.99. The lowest BCUT2D eigenvalue weighted by molar-refractivity contribution is 0.122. The third kappa shape index (κ3) is 4.96. The Balaban J connectivity index is 1.59. The van der Waals surface area contributed by atoms with Crippen LogP contribution in [0, 0.1) is 0 Å². The first-order chi connectivity index (χ1) is 17.7. The second-order valence-corrected chi connectivity index (χ2v) is 8.51. The highest BCUT2D eigenvalue weighted by Gasteiger charge is 2.22. The average molecular weight is 487 g/mol. The largest absolute Gasteiger partial charge is 0.497 e. The van der Waals surface area contributed by atoms with Crippen molar-refractivity contribution in [2.75, 3.05) is 50.3 Å². The minimum Gasteiger partial charge on any atom is -0.497 e. The van der Waals surface area contributed by atoms with E-state index in [-0.39, 0.29) is 0 Å². The molecule has 0 atom stereocenters. The van der Waals surface area contributed by atoms with Crippen molar-refractivity contribution in [3.05, 3.63) is 78.0 Å². The zero-order chi connectivity index (χ0) is 24.9. The van der Waals surface area contributed by atoms with Crippen LogP contribution in [0.3, 0.4) is 0 Å². The summed E-state index contributed by atoms with van der Waals surface area (Å²) in [5.41, 5.74) is 3.84. The van der Waals surface area contributed by atoms with Crippen LogP contribution in [-0.4, -0.2) is 60.1 Å². The number of hydrogen-bond acceptors (Lipinski definition) is 8. The Bertz CT molecular complexity index is 1260. The highest BCUT2D eigenvalue weighted by molar-refractivity contribution is 5.67. The van der Waals surface area contributed by atoms with Crippen LogP contribution in [-0.2, 0) is 17.8 Å². The summed E-state index contributed by atoms with van der Waals surface area (Å²) in [6.45, 7) is 7.98. The second-order valence-electron chi connectivity index (χ2n) is 8.51. The molecule has 186 valence electrons. The van der Waals surface area contributed by atoms with Crippen molar-refractivity contribution in [3.63, 3.8) is 0 Å². The summed E-state index contributed by atoms with van der Waals surface area (Å²) in [6.07, 6.45) is 3.56. The number of rotatable bonds is 9. The van der Waals surface area contributed by atoms with E-state index in [9.17, 15) is 0 Å². The number of hydrogen-bond donors (Lipinski definition) is 0. The van der Waals surface area contributed by atoms with Gasteiger partial charge < -0.3 is 24.0 Å². The summed E-state index contributed by atoms with van der Waals surface area (Å²) in [4.78, 5) is 14.3. The van der Waals surface area contributed by atoms with Crippen molar-refractivity contribution in [3.8, 4) is 11.5 Å². The lowest BCUT2D eigenvalue weighted by atomic mass is 10.1. The van der Waals surface area contributed by atoms with E-state index in [0.29, 0.717) is 38.2 Å². The maximum absolute atomic E-state index is 5.55. The van der Waals surface area contributed by atoms with Gasteiger partial charge in [-0.05, 0) is 35.4 Å². The smallest absolute Gasteiger partial charge is 0.232 e. The summed E-state index contributed by atoms with van der Waals surface area (Å²) < 4.78 is 18.0. The van der Waals surface area contributed by atoms with Crippen LogP contribution in [0.25, 0.3) is 11.7 Å². The molecule has 2 aromatic heterocycles. The van der Waals surface area contributed by atoms with E-state index >= 15 is 0 Å². The van der Waals surface area contributed by atoms with Crippen LogP contribution >= 0.6 is 0 Å². The molecular formula is C27H30N6O3. The number of ether oxygens (including phenoxy) is 3. The van der Waals surface area contributed by atoms with Gasteiger partial charge in [0.1, 0.15) is 11.5 Å². The first kappa shape index (κ1) is 23.6. The summed E-state index contributed by atoms with van der Waals surface area (Å²) in [6, 6.07) is 16.2. The topological polar surface area (TPSA) is 77.2 Å². The van der Waals surface area contributed by atoms with Gasteiger partial charge in [0.15, 0.2) is 5.65 Å². The molecule has 36 heavy (non-hydrogen) atoms. The molecule has 0 spiro atoms. The second kappa shape index (κ2) is 10.7. The molecule has 9 nitrogen and oxygen atoms in total. The van der Waals surface area contributed by atoms with Gasteiger partial charge >= 0.3 is 0 Å². The summed E-state index contributed by atoms with van der Waals surface area (Å²) >= 11 is 0. The van der Waals surface area contributed by atoms with Gasteiger partial charge in [-0.25, -0.2) is 0 Å². The minimum absolute atomic E-state index is 0.619. The van der Waals surface area contributed by atoms with Gasteiger partial charge in [-0.2, -0.15) is 19.6 Å². The zero-order valence-electron chi connectivity index (χ0n) is 20.6. The Morgan fingerprint density at radius 3 is 2.03 bits per heavy atom. The average Bonchev–Trinajstić information content (AvgIpc) is 3.36. The number of fused-ring (bicyclic) bond motifs is 1. The van der Waals surface area contributed by atoms with E-state index < -0.39 is 0 Å². The predicted octanol–water partition coefficient (Wildman–Crippen LogP) is 3.83. The molecule has 0 unspecified atom stereocenters. The third-order valence-electron chi connectivity index (χ3n) is 6.23. The Morgan fingerprint density at radius 1 is 0.917 bits per heavy atom. The fourth-order valence-corrected chi connectivity index (χ4v) is 4.22. The SMILES string of the molecule is C=Cc1cnn2c(N(Cc3ccc(OC)cc3)Cc3ccc(OC)cc3)nc(N3CCOCC3)nc12. The summed E-state index contributed by atoms with van der Waals surface area (Å²) in [5, 5.41) is 4.63. The number of benzene rings is 2. The number of nitrogens with zero attached hydrogens (tertiary/aromatic N) is 6. The molecule has 1 saturated heterocycles. The molecule has 0 aliphatic carbocycles. The summed E-state index contributed by atoms with van der Waals surface area (Å²) in [5.74, 6) is 3.02. The molecule has 2 aromatic carbocycles. The molecule has 1 aliphatic rings. The van der Waals surface area contributed by atoms with E-state index in [1.54, 1.807) is 31.0 Å². The van der Waals surface area contributed by atoms with Gasteiger partial charge in [-0.15, -0.1) is 0 Å². The van der Waals surface area contributed by atoms with Crippen molar-refractivity contribution in [1.29, 1.82) is 0 Å². The van der Waals surface area contributed by atoms with E-state index in [1.165, 1.54) is 0 Å². The normalized spacial score (nSPS) is 13.6. The summed E-state index contributed by atoms with van der Waals surface area (Å²) in [7, 11) is 3.34. The van der Waals surface area contributed by atoms with Crippen LogP contribution in [0.15, 0.2) is 61.3 Å². The molecular weight excluding hydrogens is 456 g/mol. The molecule has 0 saturated carbocycles. The van der Waals surface area contributed by atoms with Gasteiger partial charge in [-0.1, -0.05) is 36.9 Å². The molecule has 0 N–H and O–H groups in total. The fraction of sp³-hybridized carbons (Fsp3) is 0.296. The van der Waals surface area contributed by atoms with Gasteiger partial charge in [0, 0.05) is 31.7 Å². The monoisotopic (exact) mass is 486 g/mol. The van der Waals surface area contributed by atoms with E-state index in [2.05, 4.69) is 45.7 Å². The molecule has 1 aliphatic heterocycles. The van der Waals surface area contributed by atoms with Crippen LogP contribution in [0.4, 0.5) is 11.9 Å². The molecule has 3 heterocycles. The van der Waals surface area contributed by atoms with Gasteiger partial charge in [0.25, 0.3) is 0 Å². The number of anilines is 2. The van der Waals surface area contributed by atoms with Crippen molar-refractivity contribution in [2.45, 2.75) is 13.1 Å². The standard InChI is InChI=1S/C27H30N6O3/c1-4-22-17-28-33-25(22)29-26(31-13-15-36-16-14-31)30-27(33)32(18-20-5-9-23(34-2)10-6-20)19-21-7-11-24(35-3)12-8-21/h4-12,17H,1,13-16,18-19H2,2-3H3. The third-order valence-corrected chi connectivity index (χ3v) is 6.23. The number of morpholine rings is 1. The van der Waals surface area contributed by atoms with Crippen molar-refractivity contribution >= 4 is 23.6 Å². The van der Waals surface area contributed by atoms with E-state index in [4.69, 9.17) is 24.2 Å². The molecule has 0 amide bonds. The predicted molar refractivity (Wildman–Crippen MR) is 140 cm³/mol. The maximum Gasteiger partial charge on any atom is 0.232 e. The first-order valence-electron chi connectivity index (χ1n) is 11.9. The highest BCUT2D eigenvalue weighted by atomic mass is 16.5. The van der Waals surface area contributed by atoms with Crippen molar-refractivity contribution in [1.82, 2.24) is 19.6 Å². The van der Waals surface area contributed by atoms with Crippen molar-refractivity contribution < 1.29 is 14.2 Å². The lowest BCUT2D eigenvalue weighted by Crippen LogP contribution is -2.38. The highest BCUT2D eigenvalue weighted by Crippen LogP contribution is 2.26. The fourth-order valence-electron chi connectivity index (χ4n) is 4.22. The lowest BCUT2D eigenvalue weighted by Gasteiger charge is -2.29. The molecule has 1 fully saturated rings. The maximum atomic E-state index is 5.55. The Labute approximate surface area is 210 Å². The number of aromatic nitrogens is 4. The van der Waals surface area contributed by atoms with Crippen LogP contribution in [0.5, 0.6) is 11.5 Å². The molecule has 0 radical (unpaired) electrons. The Hall–Kier alpha value is -4.11. The van der Waals surface area contributed by atoms with Crippen LogP contribution in [0.2, 0.25) is 0 Å². The molecule has 9 heteroatoms. The van der Waals surface area contributed by atoms with Crippen LogP contribution < -0.4 is 19.3 Å². The Morgan fingerprint density at radius 2 is 1.50 bits per heavy atom. The quantitative estimate of drug-likeness (QED) is 0.353. The molecule has 5 rings (SSSR count).